The third-order valence-corrected chi connectivity index (χ3v) is 11.9. The number of aliphatic imine (C=N–C) groups is 2. The first-order valence-electron chi connectivity index (χ1n) is 17.5. The fraction of sp³-hybridized carbons (Fsp3) is 0.824. The molecule has 2 aliphatic carbocycles. The molecule has 260 valence electrons. The maximum absolute atomic E-state index is 13.5. The van der Waals surface area contributed by atoms with Gasteiger partial charge >= 0.3 is 6.09 Å². The number of carbonyl (C=O) groups is 2. The minimum absolute atomic E-state index is 0.155. The summed E-state index contributed by atoms with van der Waals surface area (Å²) in [6, 6.07) is 0.375. The molecular weight excluding hydrogens is 602 g/mol. The third-order valence-electron chi connectivity index (χ3n) is 10.4. The lowest BCUT2D eigenvalue weighted by atomic mass is 9.73. The van der Waals surface area contributed by atoms with Gasteiger partial charge in [0.1, 0.15) is 11.4 Å². The van der Waals surface area contributed by atoms with Crippen LogP contribution in [-0.4, -0.2) is 112 Å². The summed E-state index contributed by atoms with van der Waals surface area (Å²) in [4.78, 5) is 39.1. The van der Waals surface area contributed by atoms with Gasteiger partial charge in [-0.25, -0.2) is 22.6 Å². The first-order chi connectivity index (χ1) is 22.0. The average molecular weight is 662 g/mol. The van der Waals surface area contributed by atoms with Crippen LogP contribution in [0.5, 0.6) is 0 Å². The van der Waals surface area contributed by atoms with E-state index in [1.54, 1.807) is 0 Å². The Morgan fingerprint density at radius 3 is 2.11 bits per heavy atom. The van der Waals surface area contributed by atoms with Gasteiger partial charge in [0.05, 0.1) is 11.5 Å². The zero-order chi connectivity index (χ0) is 33.9. The van der Waals surface area contributed by atoms with Gasteiger partial charge in [0.25, 0.3) is 0 Å². The summed E-state index contributed by atoms with van der Waals surface area (Å²) in [6.07, 6.45) is 10.3. The molecule has 4 aliphatic heterocycles. The lowest BCUT2D eigenvalue weighted by Crippen LogP contribution is -2.63. The number of rotatable bonds is 6. The van der Waals surface area contributed by atoms with E-state index in [-0.39, 0.29) is 29.5 Å². The molecule has 0 bridgehead atoms. The van der Waals surface area contributed by atoms with E-state index >= 15 is 0 Å². The lowest BCUT2D eigenvalue weighted by Gasteiger charge is -2.53. The number of amides is 2. The van der Waals surface area contributed by atoms with Gasteiger partial charge in [-0.15, -0.1) is 0 Å². The summed E-state index contributed by atoms with van der Waals surface area (Å²) < 4.78 is 23.1. The van der Waals surface area contributed by atoms with Crippen molar-refractivity contribution in [3.63, 3.8) is 0 Å². The molecule has 2 N–H and O–H groups in total. The number of likely N-dealkylation sites (tertiary alicyclic amines) is 1. The Morgan fingerprint density at radius 2 is 1.61 bits per heavy atom. The highest BCUT2D eigenvalue weighted by Crippen LogP contribution is 2.59. The topological polar surface area (TPSA) is 124 Å². The molecule has 3 atom stereocenters. The van der Waals surface area contributed by atoms with E-state index < -0.39 is 22.2 Å². The molecule has 3 saturated heterocycles. The van der Waals surface area contributed by atoms with Gasteiger partial charge in [0.15, 0.2) is 11.2 Å². The second-order valence-corrected chi connectivity index (χ2v) is 16.1. The highest BCUT2D eigenvalue weighted by atomic mass is 32.2. The van der Waals surface area contributed by atoms with E-state index in [4.69, 9.17) is 9.73 Å². The van der Waals surface area contributed by atoms with Crippen LogP contribution in [0.1, 0.15) is 99.3 Å². The molecule has 2 saturated carbocycles. The summed E-state index contributed by atoms with van der Waals surface area (Å²) >= 11 is -1.14. The number of hydrogen-bond acceptors (Lipinski definition) is 7. The average Bonchev–Trinajstić information content (AvgIpc) is 3.68. The maximum Gasteiger partial charge on any atom is 0.410 e. The van der Waals surface area contributed by atoms with Crippen LogP contribution in [0.3, 0.4) is 0 Å². The molecule has 0 aromatic rings. The van der Waals surface area contributed by atoms with Crippen LogP contribution in [-0.2, 0) is 20.7 Å². The summed E-state index contributed by atoms with van der Waals surface area (Å²) in [6.45, 7) is 20.3. The quantitative estimate of drug-likeness (QED) is 0.412. The van der Waals surface area contributed by atoms with Gasteiger partial charge in [-0.05, 0) is 91.8 Å². The van der Waals surface area contributed by atoms with E-state index in [1.165, 1.54) is 7.05 Å². The van der Waals surface area contributed by atoms with Gasteiger partial charge in [0.2, 0.25) is 5.91 Å². The van der Waals surface area contributed by atoms with Gasteiger partial charge in [0, 0.05) is 62.5 Å². The number of carbonyl (C=O) groups excluding carboxylic acids is 2. The van der Waals surface area contributed by atoms with Crippen molar-refractivity contribution in [3.05, 3.63) is 11.4 Å². The van der Waals surface area contributed by atoms with Crippen molar-refractivity contribution in [3.8, 4) is 0 Å². The molecule has 0 radical (unpaired) electrons. The Morgan fingerprint density at radius 1 is 1.00 bits per heavy atom. The second kappa shape index (κ2) is 15.0. The SMILES string of the molecule is C=NC1=C(C=NC2CCN(S(=O)N3CC4(CCN(C(=O)OC(C)(C)C)CC4)C3)CC2)C2(CC2)C(=O)N1C1CCCC1C.CC.CN. The second-order valence-electron chi connectivity index (χ2n) is 14.6. The van der Waals surface area contributed by atoms with Gasteiger partial charge in [-0.2, -0.15) is 0 Å². The molecule has 2 amide bonds. The minimum Gasteiger partial charge on any atom is -0.444 e. The van der Waals surface area contributed by atoms with Crippen molar-refractivity contribution in [1.82, 2.24) is 18.4 Å². The molecule has 0 aromatic heterocycles. The molecule has 3 unspecified atom stereocenters. The number of nitrogens with zero attached hydrogens (tertiary/aromatic N) is 6. The number of piperidine rings is 2. The van der Waals surface area contributed by atoms with Crippen molar-refractivity contribution in [2.75, 3.05) is 46.3 Å². The van der Waals surface area contributed by atoms with E-state index in [0.717, 1.165) is 95.4 Å². The molecule has 6 rings (SSSR count). The Bertz CT molecular complexity index is 1190. The van der Waals surface area contributed by atoms with Gasteiger partial charge in [-0.1, -0.05) is 27.2 Å². The fourth-order valence-electron chi connectivity index (χ4n) is 7.66. The van der Waals surface area contributed by atoms with Gasteiger partial charge in [-0.3, -0.25) is 14.7 Å². The monoisotopic (exact) mass is 661 g/mol. The van der Waals surface area contributed by atoms with Crippen LogP contribution in [0, 0.1) is 16.7 Å². The first-order valence-corrected chi connectivity index (χ1v) is 18.6. The summed E-state index contributed by atoms with van der Waals surface area (Å²) in [5.74, 6) is 1.43. The molecule has 46 heavy (non-hydrogen) atoms. The highest BCUT2D eigenvalue weighted by Gasteiger charge is 2.62. The van der Waals surface area contributed by atoms with Crippen molar-refractivity contribution in [1.29, 1.82) is 0 Å². The van der Waals surface area contributed by atoms with Crippen molar-refractivity contribution in [2.24, 2.45) is 32.5 Å². The summed E-state index contributed by atoms with van der Waals surface area (Å²) in [5.41, 5.74) is 4.71. The number of ether oxygens (including phenoxy) is 1. The molecule has 0 aromatic carbocycles. The molecule has 2 spiro atoms. The van der Waals surface area contributed by atoms with E-state index in [0.29, 0.717) is 19.0 Å². The molecule has 4 heterocycles. The van der Waals surface area contributed by atoms with Crippen molar-refractivity contribution in [2.45, 2.75) is 117 Å². The van der Waals surface area contributed by atoms with Crippen LogP contribution in [0.2, 0.25) is 0 Å². The summed E-state index contributed by atoms with van der Waals surface area (Å²) in [5, 5.41) is 0. The van der Waals surface area contributed by atoms with Crippen molar-refractivity contribution >= 4 is 36.1 Å². The molecular formula is C34H59N7O4S. The normalized spacial score (nSPS) is 28.5. The zero-order valence-electron chi connectivity index (χ0n) is 29.4. The Kier molecular flexibility index (Phi) is 11.9. The van der Waals surface area contributed by atoms with E-state index in [1.807, 2.05) is 50.6 Å². The maximum atomic E-state index is 13.5. The lowest BCUT2D eigenvalue weighted by molar-refractivity contribution is -0.134. The zero-order valence-corrected chi connectivity index (χ0v) is 30.2. The summed E-state index contributed by atoms with van der Waals surface area (Å²) in [7, 11) is 1.50. The number of hydrogen-bond donors (Lipinski definition) is 1. The Hall–Kier alpha value is -2.15. The molecule has 6 aliphatic rings. The Labute approximate surface area is 279 Å². The minimum atomic E-state index is -1.14. The molecule has 11 nitrogen and oxygen atoms in total. The third kappa shape index (κ3) is 7.45. The van der Waals surface area contributed by atoms with Gasteiger partial charge < -0.3 is 15.4 Å². The fourth-order valence-corrected chi connectivity index (χ4v) is 9.28. The van der Waals surface area contributed by atoms with Crippen LogP contribution in [0.25, 0.3) is 0 Å². The predicted molar refractivity (Wildman–Crippen MR) is 186 cm³/mol. The predicted octanol–water partition coefficient (Wildman–Crippen LogP) is 4.76. The largest absolute Gasteiger partial charge is 0.444 e. The van der Waals surface area contributed by atoms with Crippen LogP contribution in [0.15, 0.2) is 21.4 Å². The molecule has 12 heteroatoms. The standard InChI is InChI=1S/C31H48N6O4S.C2H6.CH5N/c1-22-7-6-8-25(22)37-26(32-5)24(31(11-12-31)27(37)38)19-33-23-9-15-35(16-10-23)42(40)36-20-30(21-36)13-17-34(18-14-30)28(39)41-29(2,3)4;2*1-2/h19,22-23,25H,5-18,20-21H2,1-4H3;1-2H3;2H2,1H3. The van der Waals surface area contributed by atoms with Crippen LogP contribution >= 0.6 is 0 Å². The van der Waals surface area contributed by atoms with E-state index in [2.05, 4.69) is 33.0 Å². The highest BCUT2D eigenvalue weighted by molar-refractivity contribution is 7.80. The van der Waals surface area contributed by atoms with E-state index in [9.17, 15) is 13.8 Å². The van der Waals surface area contributed by atoms with Crippen LogP contribution < -0.4 is 5.73 Å². The van der Waals surface area contributed by atoms with Crippen molar-refractivity contribution < 1.29 is 18.5 Å². The Balaban J connectivity index is 0.00000116. The smallest absolute Gasteiger partial charge is 0.410 e. The number of nitrogens with two attached hydrogens (primary N) is 1. The molecule has 5 fully saturated rings. The van der Waals surface area contributed by atoms with Crippen LogP contribution in [0.4, 0.5) is 4.79 Å². The first kappa shape index (κ1) is 36.7.